The fraction of sp³-hybridized carbons (Fsp3) is 0.438. The summed E-state index contributed by atoms with van der Waals surface area (Å²) in [5.41, 5.74) is 5.79. The van der Waals surface area contributed by atoms with Crippen LogP contribution in [0.1, 0.15) is 24.5 Å². The first-order valence-corrected chi connectivity index (χ1v) is 8.03. The number of carbonyl (C=O) groups excluding carboxylic acids is 1. The van der Waals surface area contributed by atoms with E-state index in [1.807, 2.05) is 48.4 Å². The summed E-state index contributed by atoms with van der Waals surface area (Å²) in [7, 11) is 0. The molecule has 2 N–H and O–H groups in total. The lowest BCUT2D eigenvalue weighted by molar-refractivity contribution is -0.138. The number of hydrogen-bond donors (Lipinski definition) is 1. The standard InChI is InChI=1S/C16H22N2O2S/c1-12(2)15(9-17)16(19)18(10-13-5-3-7-20-13)11-14-6-4-8-21-14/h3-8,12,15H,9-11,17H2,1-2H3. The number of nitrogens with zero attached hydrogens (tertiary/aromatic N) is 1. The molecule has 0 radical (unpaired) electrons. The average molecular weight is 306 g/mol. The van der Waals surface area contributed by atoms with Crippen LogP contribution in [-0.2, 0) is 17.9 Å². The molecule has 0 bridgehead atoms. The predicted molar refractivity (Wildman–Crippen MR) is 84.7 cm³/mol. The van der Waals surface area contributed by atoms with Crippen molar-refractivity contribution in [3.8, 4) is 0 Å². The van der Waals surface area contributed by atoms with Crippen molar-refractivity contribution in [1.29, 1.82) is 0 Å². The molecule has 2 heterocycles. The number of hydrogen-bond acceptors (Lipinski definition) is 4. The van der Waals surface area contributed by atoms with Crippen molar-refractivity contribution in [1.82, 2.24) is 4.90 Å². The number of furan rings is 1. The Labute approximate surface area is 129 Å². The van der Waals surface area contributed by atoms with Gasteiger partial charge in [0.2, 0.25) is 5.91 Å². The van der Waals surface area contributed by atoms with E-state index in [0.29, 0.717) is 19.6 Å². The molecule has 1 amide bonds. The Hall–Kier alpha value is -1.59. The summed E-state index contributed by atoms with van der Waals surface area (Å²) in [6, 6.07) is 7.77. The summed E-state index contributed by atoms with van der Waals surface area (Å²) in [6.45, 7) is 5.51. The second-order valence-electron chi connectivity index (χ2n) is 5.44. The minimum absolute atomic E-state index is 0.0947. The number of thiophene rings is 1. The maximum atomic E-state index is 12.8. The lowest BCUT2D eigenvalue weighted by Gasteiger charge is -2.27. The third-order valence-electron chi connectivity index (χ3n) is 3.54. The van der Waals surface area contributed by atoms with Crippen molar-refractivity contribution in [2.45, 2.75) is 26.9 Å². The first-order chi connectivity index (χ1) is 10.1. The van der Waals surface area contributed by atoms with Crippen LogP contribution in [0.5, 0.6) is 0 Å². The molecule has 1 unspecified atom stereocenters. The monoisotopic (exact) mass is 306 g/mol. The Morgan fingerprint density at radius 1 is 1.33 bits per heavy atom. The number of nitrogens with two attached hydrogens (primary N) is 1. The van der Waals surface area contributed by atoms with E-state index in [1.165, 1.54) is 0 Å². The van der Waals surface area contributed by atoms with E-state index in [0.717, 1.165) is 10.6 Å². The van der Waals surface area contributed by atoms with Crippen molar-refractivity contribution in [2.24, 2.45) is 17.6 Å². The number of rotatable bonds is 7. The maximum absolute atomic E-state index is 12.8. The Balaban J connectivity index is 2.15. The van der Waals surface area contributed by atoms with Gasteiger partial charge in [-0.3, -0.25) is 4.79 Å². The van der Waals surface area contributed by atoms with Crippen LogP contribution in [0.4, 0.5) is 0 Å². The second kappa shape index (κ2) is 7.43. The van der Waals surface area contributed by atoms with Crippen LogP contribution >= 0.6 is 11.3 Å². The summed E-state index contributed by atoms with van der Waals surface area (Å²) in [6.07, 6.45) is 1.63. The van der Waals surface area contributed by atoms with Crippen molar-refractivity contribution in [3.63, 3.8) is 0 Å². The van der Waals surface area contributed by atoms with Crippen molar-refractivity contribution in [3.05, 3.63) is 46.5 Å². The molecule has 4 nitrogen and oxygen atoms in total. The highest BCUT2D eigenvalue weighted by molar-refractivity contribution is 7.09. The van der Waals surface area contributed by atoms with Crippen LogP contribution in [-0.4, -0.2) is 17.4 Å². The molecule has 2 rings (SSSR count). The first kappa shape index (κ1) is 15.8. The molecule has 0 fully saturated rings. The van der Waals surface area contributed by atoms with Gasteiger partial charge in [0.25, 0.3) is 0 Å². The normalized spacial score (nSPS) is 12.6. The smallest absolute Gasteiger partial charge is 0.227 e. The van der Waals surface area contributed by atoms with E-state index in [2.05, 4.69) is 0 Å². The largest absolute Gasteiger partial charge is 0.467 e. The van der Waals surface area contributed by atoms with E-state index in [4.69, 9.17) is 10.2 Å². The Bertz CT molecular complexity index is 498. The predicted octanol–water partition coefficient (Wildman–Crippen LogP) is 3.10. The Morgan fingerprint density at radius 2 is 2.14 bits per heavy atom. The minimum atomic E-state index is -0.153. The zero-order valence-corrected chi connectivity index (χ0v) is 13.3. The lowest BCUT2D eigenvalue weighted by atomic mass is 9.94. The van der Waals surface area contributed by atoms with Crippen molar-refractivity contribution < 1.29 is 9.21 Å². The van der Waals surface area contributed by atoms with Gasteiger partial charge in [0.1, 0.15) is 5.76 Å². The molecule has 0 aliphatic rings. The molecule has 21 heavy (non-hydrogen) atoms. The third kappa shape index (κ3) is 4.19. The molecule has 0 spiro atoms. The van der Waals surface area contributed by atoms with E-state index in [9.17, 15) is 4.79 Å². The van der Waals surface area contributed by atoms with Crippen LogP contribution in [0.3, 0.4) is 0 Å². The Morgan fingerprint density at radius 3 is 2.67 bits per heavy atom. The van der Waals surface area contributed by atoms with Gasteiger partial charge in [0.05, 0.1) is 25.3 Å². The summed E-state index contributed by atoms with van der Waals surface area (Å²) >= 11 is 1.65. The second-order valence-corrected chi connectivity index (χ2v) is 6.47. The maximum Gasteiger partial charge on any atom is 0.227 e. The van der Waals surface area contributed by atoms with E-state index in [-0.39, 0.29) is 17.7 Å². The highest BCUT2D eigenvalue weighted by Gasteiger charge is 2.26. The van der Waals surface area contributed by atoms with E-state index in [1.54, 1.807) is 17.6 Å². The Kier molecular flexibility index (Phi) is 5.59. The molecule has 0 aliphatic heterocycles. The first-order valence-electron chi connectivity index (χ1n) is 7.15. The third-order valence-corrected chi connectivity index (χ3v) is 4.40. The SMILES string of the molecule is CC(C)C(CN)C(=O)N(Cc1ccco1)Cc1cccs1. The lowest BCUT2D eigenvalue weighted by Crippen LogP contribution is -2.40. The van der Waals surface area contributed by atoms with Crippen LogP contribution in [0, 0.1) is 11.8 Å². The molecule has 2 aromatic rings. The van der Waals surface area contributed by atoms with Gasteiger partial charge in [-0.2, -0.15) is 0 Å². The van der Waals surface area contributed by atoms with Crippen LogP contribution < -0.4 is 5.73 Å². The fourth-order valence-corrected chi connectivity index (χ4v) is 3.01. The summed E-state index contributed by atoms with van der Waals surface area (Å²) in [5, 5.41) is 2.02. The topological polar surface area (TPSA) is 59.5 Å². The van der Waals surface area contributed by atoms with E-state index < -0.39 is 0 Å². The van der Waals surface area contributed by atoms with E-state index >= 15 is 0 Å². The van der Waals surface area contributed by atoms with Crippen LogP contribution in [0.25, 0.3) is 0 Å². The molecule has 5 heteroatoms. The minimum Gasteiger partial charge on any atom is -0.467 e. The fourth-order valence-electron chi connectivity index (χ4n) is 2.29. The molecule has 114 valence electrons. The molecular formula is C16H22N2O2S. The van der Waals surface area contributed by atoms with Crippen molar-refractivity contribution in [2.75, 3.05) is 6.54 Å². The summed E-state index contributed by atoms with van der Waals surface area (Å²) in [4.78, 5) is 15.8. The summed E-state index contributed by atoms with van der Waals surface area (Å²) < 4.78 is 5.39. The van der Waals surface area contributed by atoms with Crippen molar-refractivity contribution >= 4 is 17.2 Å². The van der Waals surface area contributed by atoms with Gasteiger partial charge in [-0.15, -0.1) is 11.3 Å². The van der Waals surface area contributed by atoms with Gasteiger partial charge < -0.3 is 15.1 Å². The van der Waals surface area contributed by atoms with Gasteiger partial charge in [0, 0.05) is 11.4 Å². The van der Waals surface area contributed by atoms with Gasteiger partial charge in [0.15, 0.2) is 0 Å². The molecule has 0 saturated heterocycles. The molecular weight excluding hydrogens is 284 g/mol. The highest BCUT2D eigenvalue weighted by atomic mass is 32.1. The zero-order chi connectivity index (χ0) is 15.2. The quantitative estimate of drug-likeness (QED) is 0.855. The summed E-state index contributed by atoms with van der Waals surface area (Å²) in [5.74, 6) is 0.960. The molecule has 1 atom stereocenters. The number of amides is 1. The van der Waals surface area contributed by atoms with Gasteiger partial charge >= 0.3 is 0 Å². The van der Waals surface area contributed by atoms with Crippen LogP contribution in [0.15, 0.2) is 40.3 Å². The molecule has 0 aromatic carbocycles. The average Bonchev–Trinajstić information content (AvgIpc) is 3.11. The van der Waals surface area contributed by atoms with Gasteiger partial charge in [-0.05, 0) is 29.5 Å². The zero-order valence-electron chi connectivity index (χ0n) is 12.5. The van der Waals surface area contributed by atoms with Gasteiger partial charge in [-0.25, -0.2) is 0 Å². The van der Waals surface area contributed by atoms with Gasteiger partial charge in [-0.1, -0.05) is 19.9 Å². The highest BCUT2D eigenvalue weighted by Crippen LogP contribution is 2.20. The number of carbonyl (C=O) groups is 1. The molecule has 2 aromatic heterocycles. The molecule has 0 saturated carbocycles. The van der Waals surface area contributed by atoms with Crippen LogP contribution in [0.2, 0.25) is 0 Å². The molecule has 0 aliphatic carbocycles.